The third-order valence-corrected chi connectivity index (χ3v) is 11.2. The number of benzene rings is 8. The average Bonchev–Trinajstić information content (AvgIpc) is 3.91. The Balaban J connectivity index is 1.16. The van der Waals surface area contributed by atoms with Crippen LogP contribution in [0.15, 0.2) is 170 Å². The van der Waals surface area contributed by atoms with E-state index in [4.69, 9.17) is 0 Å². The number of para-hydroxylation sites is 4. The second-order valence-corrected chi connectivity index (χ2v) is 14.4. The smallest absolute Gasteiger partial charge is 0.0992 e. The fraction of sp³-hybridized carbons (Fsp3) is 0. The van der Waals surface area contributed by atoms with Gasteiger partial charge in [0.15, 0.2) is 0 Å². The van der Waals surface area contributed by atoms with Gasteiger partial charge >= 0.3 is 0 Å². The molecule has 262 valence electrons. The molecule has 0 saturated heterocycles. The molecule has 0 N–H and O–H groups in total. The quantitative estimate of drug-likeness (QED) is 0.181. The van der Waals surface area contributed by atoms with Gasteiger partial charge in [-0.1, -0.05) is 78.9 Å². The number of rotatable bonds is 4. The molecule has 0 fully saturated rings. The number of fused-ring (bicyclic) bond motifs is 9. The summed E-state index contributed by atoms with van der Waals surface area (Å²) in [7, 11) is 0. The molecule has 3 aromatic heterocycles. The van der Waals surface area contributed by atoms with Crippen molar-refractivity contribution in [3.8, 4) is 46.4 Å². The van der Waals surface area contributed by atoms with Crippen LogP contribution in [0.2, 0.25) is 0 Å². The van der Waals surface area contributed by atoms with Crippen LogP contribution in [0.4, 0.5) is 0 Å². The summed E-state index contributed by atoms with van der Waals surface area (Å²) in [6.07, 6.45) is 0. The first-order valence-corrected chi connectivity index (χ1v) is 18.7. The highest BCUT2D eigenvalue weighted by Crippen LogP contribution is 2.41. The Morgan fingerprint density at radius 1 is 0.316 bits per heavy atom. The van der Waals surface area contributed by atoms with Gasteiger partial charge in [0.2, 0.25) is 0 Å². The fourth-order valence-electron chi connectivity index (χ4n) is 8.91. The van der Waals surface area contributed by atoms with Gasteiger partial charge in [0.25, 0.3) is 0 Å². The van der Waals surface area contributed by atoms with Crippen LogP contribution in [0.25, 0.3) is 93.6 Å². The zero-order valence-electron chi connectivity index (χ0n) is 30.3. The van der Waals surface area contributed by atoms with Gasteiger partial charge in [-0.25, -0.2) is 0 Å². The van der Waals surface area contributed by atoms with Crippen LogP contribution < -0.4 is 0 Å². The van der Waals surface area contributed by atoms with E-state index in [0.29, 0.717) is 16.7 Å². The van der Waals surface area contributed by atoms with Gasteiger partial charge in [-0.05, 0) is 102 Å². The Kier molecular flexibility index (Phi) is 6.95. The number of aromatic nitrogens is 3. The van der Waals surface area contributed by atoms with Gasteiger partial charge in [-0.3, -0.25) is 0 Å². The maximum Gasteiger partial charge on any atom is 0.0992 e. The first-order valence-electron chi connectivity index (χ1n) is 18.7. The number of hydrogen-bond donors (Lipinski definition) is 0. The van der Waals surface area contributed by atoms with Gasteiger partial charge in [0.05, 0.1) is 73.7 Å². The highest BCUT2D eigenvalue weighted by atomic mass is 15.0. The highest BCUT2D eigenvalue weighted by molar-refractivity contribution is 6.16. The predicted molar refractivity (Wildman–Crippen MR) is 229 cm³/mol. The third-order valence-electron chi connectivity index (χ3n) is 11.2. The van der Waals surface area contributed by atoms with Gasteiger partial charge < -0.3 is 13.7 Å². The summed E-state index contributed by atoms with van der Waals surface area (Å²) in [4.78, 5) is 0. The summed E-state index contributed by atoms with van der Waals surface area (Å²) in [6.45, 7) is 0. The Labute approximate surface area is 326 Å². The Hall–Kier alpha value is -8.37. The summed E-state index contributed by atoms with van der Waals surface area (Å²) >= 11 is 0. The molecule has 11 rings (SSSR count). The van der Waals surface area contributed by atoms with E-state index in [1.807, 2.05) is 66.7 Å². The van der Waals surface area contributed by atoms with Crippen molar-refractivity contribution in [1.82, 2.24) is 13.7 Å². The van der Waals surface area contributed by atoms with Crippen LogP contribution in [0.1, 0.15) is 16.7 Å². The molecular weight excluding hydrogens is 697 g/mol. The first-order chi connectivity index (χ1) is 28.1. The zero-order chi connectivity index (χ0) is 38.2. The van der Waals surface area contributed by atoms with Crippen molar-refractivity contribution < 1.29 is 0 Å². The van der Waals surface area contributed by atoms with E-state index < -0.39 is 0 Å². The normalized spacial score (nSPS) is 11.5. The minimum Gasteiger partial charge on any atom is -0.309 e. The molecule has 3 heterocycles. The van der Waals surface area contributed by atoms with Crippen molar-refractivity contribution in [3.05, 3.63) is 187 Å². The van der Waals surface area contributed by atoms with E-state index in [1.54, 1.807) is 0 Å². The number of hydrogen-bond acceptors (Lipinski definition) is 3. The number of nitrogens with zero attached hydrogens (tertiary/aromatic N) is 6. The topological polar surface area (TPSA) is 86.2 Å². The van der Waals surface area contributed by atoms with Crippen LogP contribution in [-0.4, -0.2) is 13.7 Å². The largest absolute Gasteiger partial charge is 0.309 e. The minimum absolute atomic E-state index is 0.515. The van der Waals surface area contributed by atoms with E-state index in [1.165, 1.54) is 0 Å². The van der Waals surface area contributed by atoms with Crippen molar-refractivity contribution in [3.63, 3.8) is 0 Å². The minimum atomic E-state index is 0.515. The van der Waals surface area contributed by atoms with E-state index in [0.717, 1.165) is 93.6 Å². The lowest BCUT2D eigenvalue weighted by Crippen LogP contribution is -1.99. The zero-order valence-corrected chi connectivity index (χ0v) is 30.3. The summed E-state index contributed by atoms with van der Waals surface area (Å²) in [5.41, 5.74) is 12.3. The molecule has 57 heavy (non-hydrogen) atoms. The molecule has 6 nitrogen and oxygen atoms in total. The van der Waals surface area contributed by atoms with Crippen molar-refractivity contribution in [2.75, 3.05) is 0 Å². The predicted octanol–water partition coefficient (Wildman–Crippen LogP) is 12.3. The Morgan fingerprint density at radius 3 is 1.32 bits per heavy atom. The lowest BCUT2D eigenvalue weighted by molar-refractivity contribution is 1.16. The van der Waals surface area contributed by atoms with Gasteiger partial charge in [-0.2, -0.15) is 15.8 Å². The maximum absolute atomic E-state index is 10.5. The van der Waals surface area contributed by atoms with E-state index in [2.05, 4.69) is 135 Å². The molecule has 0 saturated carbocycles. The summed E-state index contributed by atoms with van der Waals surface area (Å²) in [5.74, 6) is 0. The van der Waals surface area contributed by atoms with E-state index >= 15 is 0 Å². The monoisotopic (exact) mass is 724 g/mol. The second kappa shape index (κ2) is 12.3. The molecule has 0 atom stereocenters. The Morgan fingerprint density at radius 2 is 0.754 bits per heavy atom. The van der Waals surface area contributed by atoms with Gasteiger partial charge in [0, 0.05) is 43.7 Å². The molecule has 11 aromatic rings. The molecule has 0 aliphatic carbocycles. The molecule has 0 amide bonds. The lowest BCUT2D eigenvalue weighted by Gasteiger charge is -2.14. The first kappa shape index (κ1) is 32.1. The summed E-state index contributed by atoms with van der Waals surface area (Å²) < 4.78 is 6.75. The van der Waals surface area contributed by atoms with Crippen LogP contribution in [0, 0.1) is 34.0 Å². The molecule has 0 radical (unpaired) electrons. The average molecular weight is 725 g/mol. The van der Waals surface area contributed by atoms with E-state index in [9.17, 15) is 15.8 Å². The fourth-order valence-corrected chi connectivity index (χ4v) is 8.91. The van der Waals surface area contributed by atoms with Gasteiger partial charge in [0.1, 0.15) is 0 Å². The van der Waals surface area contributed by atoms with Gasteiger partial charge in [-0.15, -0.1) is 0 Å². The molecule has 6 heteroatoms. The van der Waals surface area contributed by atoms with Crippen molar-refractivity contribution in [2.45, 2.75) is 0 Å². The van der Waals surface area contributed by atoms with Crippen LogP contribution >= 0.6 is 0 Å². The van der Waals surface area contributed by atoms with Crippen molar-refractivity contribution in [1.29, 1.82) is 15.8 Å². The second-order valence-electron chi connectivity index (χ2n) is 14.4. The molecule has 8 aromatic carbocycles. The number of nitriles is 3. The lowest BCUT2D eigenvalue weighted by atomic mass is 9.99. The molecule has 0 bridgehead atoms. The molecule has 0 aliphatic heterocycles. The van der Waals surface area contributed by atoms with Crippen LogP contribution in [-0.2, 0) is 0 Å². The standard InChI is InChI=1S/C51H28N6/c52-29-32-20-21-48-43(26-32)41-12-3-7-16-46(41)57(48)50-19-9-18-49-51(50)42-13-4-8-17-47(42)56(49)38-25-34(31-54)23-36(28-38)35-22-33(30-53)24-37(27-35)55-44-14-5-1-10-39(44)40-11-2-6-15-45(40)55/h1-28H. The van der Waals surface area contributed by atoms with Crippen LogP contribution in [0.3, 0.4) is 0 Å². The molecule has 0 aliphatic rings. The summed E-state index contributed by atoms with van der Waals surface area (Å²) in [5, 5.41) is 37.1. The maximum atomic E-state index is 10.5. The SMILES string of the molecule is N#Cc1cc(-c2cc(C#N)cc(-n3c4ccccc4c4c(-n5c6ccccc6c6cc(C#N)ccc65)cccc43)c2)cc(-n2c3ccccc3c3ccccc32)c1. The summed E-state index contributed by atoms with van der Waals surface area (Å²) in [6, 6.07) is 64.7. The highest BCUT2D eigenvalue weighted by Gasteiger charge is 2.21. The molecule has 0 spiro atoms. The third kappa shape index (κ3) is 4.74. The van der Waals surface area contributed by atoms with Crippen molar-refractivity contribution >= 4 is 65.4 Å². The van der Waals surface area contributed by atoms with Crippen LogP contribution in [0.5, 0.6) is 0 Å². The molecule has 0 unspecified atom stereocenters. The molecular formula is C51H28N6. The van der Waals surface area contributed by atoms with Crippen molar-refractivity contribution in [2.24, 2.45) is 0 Å². The Bertz CT molecular complexity index is 3580. The van der Waals surface area contributed by atoms with E-state index in [-0.39, 0.29) is 0 Å².